The monoisotopic (exact) mass is 317 g/mol. The minimum absolute atomic E-state index is 0.0248. The van der Waals surface area contributed by atoms with Crippen LogP contribution in [0.1, 0.15) is 30.2 Å². The van der Waals surface area contributed by atoms with Gasteiger partial charge in [-0.25, -0.2) is 13.8 Å². The molecule has 0 N–H and O–H groups in total. The van der Waals surface area contributed by atoms with Crippen LogP contribution in [0.5, 0.6) is 0 Å². The Hall–Kier alpha value is -1.44. The first-order chi connectivity index (χ1) is 9.16. The molecular formula is C11H9ClF5NO2. The molecule has 20 heavy (non-hydrogen) atoms. The molecule has 0 aliphatic rings. The van der Waals surface area contributed by atoms with Gasteiger partial charge >= 0.3 is 12.1 Å². The number of esters is 1. The first kappa shape index (κ1) is 16.6. The number of rotatable bonds is 4. The fraction of sp³-hybridized carbons (Fsp3) is 0.455. The zero-order valence-corrected chi connectivity index (χ0v) is 10.9. The van der Waals surface area contributed by atoms with Crippen LogP contribution in [0.25, 0.3) is 0 Å². The van der Waals surface area contributed by atoms with Crippen LogP contribution in [-0.2, 0) is 22.1 Å². The Morgan fingerprint density at radius 3 is 2.50 bits per heavy atom. The van der Waals surface area contributed by atoms with Crippen molar-refractivity contribution in [3.63, 3.8) is 0 Å². The lowest BCUT2D eigenvalue weighted by molar-refractivity contribution is -0.143. The van der Waals surface area contributed by atoms with Gasteiger partial charge in [-0.05, 0) is 13.0 Å². The third kappa shape index (κ3) is 4.03. The Labute approximate surface area is 115 Å². The zero-order chi connectivity index (χ0) is 15.5. The Kier molecular flexibility index (Phi) is 5.27. The van der Waals surface area contributed by atoms with E-state index in [2.05, 4.69) is 9.72 Å². The number of hydrogen-bond donors (Lipinski definition) is 0. The second kappa shape index (κ2) is 6.34. The van der Waals surface area contributed by atoms with Crippen LogP contribution in [0.3, 0.4) is 0 Å². The number of pyridine rings is 1. The molecule has 0 radical (unpaired) electrons. The van der Waals surface area contributed by atoms with Crippen molar-refractivity contribution in [3.05, 3.63) is 28.0 Å². The Morgan fingerprint density at radius 1 is 1.45 bits per heavy atom. The molecule has 9 heteroatoms. The summed E-state index contributed by atoms with van der Waals surface area (Å²) in [5.74, 6) is -0.952. The van der Waals surface area contributed by atoms with Crippen molar-refractivity contribution in [3.8, 4) is 0 Å². The number of alkyl halides is 5. The van der Waals surface area contributed by atoms with Gasteiger partial charge in [0.1, 0.15) is 5.15 Å². The predicted octanol–water partition coefficient (Wildman–Crippen LogP) is 3.80. The van der Waals surface area contributed by atoms with Gasteiger partial charge in [0.2, 0.25) is 0 Å². The molecule has 112 valence electrons. The molecule has 1 aromatic heterocycles. The van der Waals surface area contributed by atoms with Gasteiger partial charge in [0.25, 0.3) is 6.43 Å². The zero-order valence-electron chi connectivity index (χ0n) is 10.1. The number of ether oxygens (including phenoxy) is 1. The lowest BCUT2D eigenvalue weighted by Crippen LogP contribution is -2.17. The minimum atomic E-state index is -4.93. The van der Waals surface area contributed by atoms with Crippen molar-refractivity contribution in [2.75, 3.05) is 6.61 Å². The van der Waals surface area contributed by atoms with Gasteiger partial charge in [-0.1, -0.05) is 11.6 Å². The summed E-state index contributed by atoms with van der Waals surface area (Å²) in [5.41, 5.74) is -3.21. The maximum atomic E-state index is 12.8. The van der Waals surface area contributed by atoms with Crippen molar-refractivity contribution < 1.29 is 31.5 Å². The first-order valence-corrected chi connectivity index (χ1v) is 5.74. The summed E-state index contributed by atoms with van der Waals surface area (Å²) in [6.45, 7) is 1.45. The quantitative estimate of drug-likeness (QED) is 0.482. The molecular weight excluding hydrogens is 309 g/mol. The second-order valence-corrected chi connectivity index (χ2v) is 4.00. The fourth-order valence-electron chi connectivity index (χ4n) is 1.42. The molecule has 1 rings (SSSR count). The van der Waals surface area contributed by atoms with Crippen LogP contribution in [0, 0.1) is 0 Å². The molecule has 1 aromatic rings. The van der Waals surface area contributed by atoms with Crippen LogP contribution < -0.4 is 0 Å². The van der Waals surface area contributed by atoms with E-state index in [9.17, 15) is 26.7 Å². The molecule has 0 saturated carbocycles. The molecule has 0 unspecified atom stereocenters. The SMILES string of the molecule is CCOC(=O)Cc1nc(Cl)c(C(F)F)cc1C(F)(F)F. The van der Waals surface area contributed by atoms with Gasteiger partial charge in [0, 0.05) is 0 Å². The number of hydrogen-bond acceptors (Lipinski definition) is 3. The topological polar surface area (TPSA) is 39.2 Å². The molecule has 0 aliphatic carbocycles. The van der Waals surface area contributed by atoms with E-state index in [0.717, 1.165) is 0 Å². The van der Waals surface area contributed by atoms with E-state index in [1.807, 2.05) is 0 Å². The Bertz CT molecular complexity index is 504. The maximum absolute atomic E-state index is 12.8. The van der Waals surface area contributed by atoms with Gasteiger partial charge < -0.3 is 4.74 Å². The summed E-state index contributed by atoms with van der Waals surface area (Å²) in [4.78, 5) is 14.4. The average molecular weight is 318 g/mol. The van der Waals surface area contributed by atoms with Gasteiger partial charge in [-0.15, -0.1) is 0 Å². The second-order valence-electron chi connectivity index (χ2n) is 3.64. The average Bonchev–Trinajstić information content (AvgIpc) is 2.26. The highest BCUT2D eigenvalue weighted by molar-refractivity contribution is 6.30. The summed E-state index contributed by atoms with van der Waals surface area (Å²) >= 11 is 5.40. The van der Waals surface area contributed by atoms with Crippen LogP contribution in [0.15, 0.2) is 6.07 Å². The third-order valence-electron chi connectivity index (χ3n) is 2.24. The molecule has 0 aliphatic heterocycles. The molecule has 0 saturated heterocycles. The van der Waals surface area contributed by atoms with E-state index in [-0.39, 0.29) is 12.7 Å². The van der Waals surface area contributed by atoms with Gasteiger partial charge in [-0.2, -0.15) is 13.2 Å². The molecule has 0 fully saturated rings. The van der Waals surface area contributed by atoms with Gasteiger partial charge in [0.15, 0.2) is 0 Å². The van der Waals surface area contributed by atoms with Crippen molar-refractivity contribution in [2.45, 2.75) is 25.9 Å². The molecule has 0 aromatic carbocycles. The van der Waals surface area contributed by atoms with E-state index in [0.29, 0.717) is 0 Å². The van der Waals surface area contributed by atoms with Crippen molar-refractivity contribution in [1.82, 2.24) is 4.98 Å². The minimum Gasteiger partial charge on any atom is -0.466 e. The third-order valence-corrected chi connectivity index (χ3v) is 2.54. The van der Waals surface area contributed by atoms with Gasteiger partial charge in [-0.3, -0.25) is 4.79 Å². The lowest BCUT2D eigenvalue weighted by Gasteiger charge is -2.14. The summed E-state index contributed by atoms with van der Waals surface area (Å²) < 4.78 is 67.9. The van der Waals surface area contributed by atoms with Crippen LogP contribution in [0.4, 0.5) is 22.0 Å². The van der Waals surface area contributed by atoms with Crippen LogP contribution in [-0.4, -0.2) is 17.6 Å². The largest absolute Gasteiger partial charge is 0.466 e. The number of nitrogens with zero attached hydrogens (tertiary/aromatic N) is 1. The molecule has 0 spiro atoms. The van der Waals surface area contributed by atoms with E-state index in [4.69, 9.17) is 11.6 Å². The molecule has 0 bridgehead atoms. The van der Waals surface area contributed by atoms with E-state index in [1.54, 1.807) is 0 Å². The van der Waals surface area contributed by atoms with E-state index >= 15 is 0 Å². The number of carbonyl (C=O) groups excluding carboxylic acids is 1. The first-order valence-electron chi connectivity index (χ1n) is 5.37. The molecule has 0 amide bonds. The number of aromatic nitrogens is 1. The smallest absolute Gasteiger partial charge is 0.418 e. The Morgan fingerprint density at radius 2 is 2.05 bits per heavy atom. The Balaban J connectivity index is 3.28. The highest BCUT2D eigenvalue weighted by Gasteiger charge is 2.36. The fourth-order valence-corrected chi connectivity index (χ4v) is 1.66. The van der Waals surface area contributed by atoms with Crippen LogP contribution >= 0.6 is 11.6 Å². The summed E-state index contributed by atoms with van der Waals surface area (Å²) in [6, 6.07) is 0.203. The van der Waals surface area contributed by atoms with Crippen molar-refractivity contribution in [1.29, 1.82) is 0 Å². The predicted molar refractivity (Wildman–Crippen MR) is 59.5 cm³/mol. The van der Waals surface area contributed by atoms with E-state index < -0.39 is 47.0 Å². The van der Waals surface area contributed by atoms with E-state index in [1.165, 1.54) is 6.92 Å². The van der Waals surface area contributed by atoms with Gasteiger partial charge in [0.05, 0.1) is 29.8 Å². The highest BCUT2D eigenvalue weighted by Crippen LogP contribution is 2.36. The molecule has 1 heterocycles. The van der Waals surface area contributed by atoms with Crippen LogP contribution in [0.2, 0.25) is 5.15 Å². The summed E-state index contributed by atoms with van der Waals surface area (Å²) in [5, 5.41) is -0.771. The molecule has 0 atom stereocenters. The maximum Gasteiger partial charge on any atom is 0.418 e. The lowest BCUT2D eigenvalue weighted by atomic mass is 10.1. The highest BCUT2D eigenvalue weighted by atomic mass is 35.5. The molecule has 3 nitrogen and oxygen atoms in total. The standard InChI is InChI=1S/C11H9ClF5NO2/c1-2-20-8(19)4-7-6(11(15,16)17)3-5(10(13)14)9(12)18-7/h3,10H,2,4H2,1H3. The van der Waals surface area contributed by atoms with Crippen molar-refractivity contribution in [2.24, 2.45) is 0 Å². The number of carbonyl (C=O) groups is 1. The normalized spacial score (nSPS) is 11.8. The number of halogens is 6. The summed E-state index contributed by atoms with van der Waals surface area (Å²) in [6.07, 6.45) is -8.93. The summed E-state index contributed by atoms with van der Waals surface area (Å²) in [7, 11) is 0. The van der Waals surface area contributed by atoms with Crippen molar-refractivity contribution >= 4 is 17.6 Å².